The molecule has 0 fully saturated rings. The first-order valence-corrected chi connectivity index (χ1v) is 9.10. The fourth-order valence-electron chi connectivity index (χ4n) is 3.45. The first kappa shape index (κ1) is 16.6. The monoisotopic (exact) mass is 344 g/mol. The van der Waals surface area contributed by atoms with Crippen molar-refractivity contribution in [1.29, 1.82) is 0 Å². The van der Waals surface area contributed by atoms with Gasteiger partial charge in [-0.3, -0.25) is 0 Å². The van der Waals surface area contributed by atoms with Gasteiger partial charge in [-0.2, -0.15) is 4.98 Å². The molecule has 0 radical (unpaired) electrons. The van der Waals surface area contributed by atoms with Gasteiger partial charge >= 0.3 is 0 Å². The zero-order valence-corrected chi connectivity index (χ0v) is 15.6. The lowest BCUT2D eigenvalue weighted by Gasteiger charge is -2.30. The fourth-order valence-corrected chi connectivity index (χ4v) is 3.45. The Balaban J connectivity index is 1.62. The van der Waals surface area contributed by atoms with Crippen molar-refractivity contribution in [1.82, 2.24) is 9.97 Å². The van der Waals surface area contributed by atoms with Crippen LogP contribution in [0.4, 0.5) is 17.5 Å². The summed E-state index contributed by atoms with van der Waals surface area (Å²) in [5.41, 5.74) is 7.28. The van der Waals surface area contributed by atoms with E-state index in [2.05, 4.69) is 77.6 Å². The molecular weight excluding hydrogens is 320 g/mol. The van der Waals surface area contributed by atoms with Gasteiger partial charge in [0.1, 0.15) is 5.82 Å². The number of hydrogen-bond donors (Lipinski definition) is 1. The predicted octanol–water partition coefficient (Wildman–Crippen LogP) is 4.71. The van der Waals surface area contributed by atoms with E-state index in [0.717, 1.165) is 36.7 Å². The Bertz CT molecular complexity index is 949. The molecule has 2 aromatic carbocycles. The third-order valence-corrected chi connectivity index (χ3v) is 4.93. The average Bonchev–Trinajstić information content (AvgIpc) is 2.64. The molecule has 0 bridgehead atoms. The number of rotatable bonds is 3. The highest BCUT2D eigenvalue weighted by Crippen LogP contribution is 2.26. The smallest absolute Gasteiger partial charge is 0.229 e. The lowest BCUT2D eigenvalue weighted by Crippen LogP contribution is -2.31. The molecule has 0 unspecified atom stereocenters. The van der Waals surface area contributed by atoms with E-state index in [1.54, 1.807) is 0 Å². The summed E-state index contributed by atoms with van der Waals surface area (Å²) in [6.45, 7) is 8.10. The normalized spacial score (nSPS) is 13.4. The van der Waals surface area contributed by atoms with Crippen LogP contribution in [-0.2, 0) is 13.0 Å². The fraction of sp³-hybridized carbons (Fsp3) is 0.273. The van der Waals surface area contributed by atoms with E-state index < -0.39 is 0 Å². The number of aromatic nitrogens is 2. The van der Waals surface area contributed by atoms with E-state index in [-0.39, 0.29) is 0 Å². The molecule has 2 heterocycles. The summed E-state index contributed by atoms with van der Waals surface area (Å²) >= 11 is 0. The van der Waals surface area contributed by atoms with Crippen LogP contribution >= 0.6 is 0 Å². The molecule has 4 nitrogen and oxygen atoms in total. The topological polar surface area (TPSA) is 41.1 Å². The number of fused-ring (bicyclic) bond motifs is 1. The van der Waals surface area contributed by atoms with Crippen LogP contribution in [0.3, 0.4) is 0 Å². The molecule has 0 spiro atoms. The Hall–Kier alpha value is -2.88. The van der Waals surface area contributed by atoms with E-state index >= 15 is 0 Å². The SMILES string of the molecule is Cc1ccc(C)c(Nc2nc(C)cc(N3CCc4ccccc4C3)n2)c1. The van der Waals surface area contributed by atoms with Crippen molar-refractivity contribution in [3.8, 4) is 0 Å². The molecule has 1 N–H and O–H groups in total. The number of benzene rings is 2. The summed E-state index contributed by atoms with van der Waals surface area (Å²) in [4.78, 5) is 11.7. The lowest BCUT2D eigenvalue weighted by atomic mass is 10.00. The van der Waals surface area contributed by atoms with E-state index in [1.165, 1.54) is 22.3 Å². The second-order valence-corrected chi connectivity index (χ2v) is 7.07. The second-order valence-electron chi connectivity index (χ2n) is 7.07. The summed E-state index contributed by atoms with van der Waals surface area (Å²) in [5, 5.41) is 3.40. The number of hydrogen-bond acceptors (Lipinski definition) is 4. The Kier molecular flexibility index (Phi) is 4.33. The molecule has 4 heteroatoms. The van der Waals surface area contributed by atoms with Crippen molar-refractivity contribution in [3.63, 3.8) is 0 Å². The van der Waals surface area contributed by atoms with Crippen LogP contribution in [0.25, 0.3) is 0 Å². The van der Waals surface area contributed by atoms with Gasteiger partial charge in [0.15, 0.2) is 0 Å². The summed E-state index contributed by atoms with van der Waals surface area (Å²) < 4.78 is 0. The minimum absolute atomic E-state index is 0.660. The van der Waals surface area contributed by atoms with Gasteiger partial charge in [-0.05, 0) is 55.5 Å². The average molecular weight is 344 g/mol. The highest BCUT2D eigenvalue weighted by Gasteiger charge is 2.18. The van der Waals surface area contributed by atoms with Gasteiger partial charge in [-0.15, -0.1) is 0 Å². The Morgan fingerprint density at radius 3 is 2.58 bits per heavy atom. The largest absolute Gasteiger partial charge is 0.352 e. The molecule has 0 saturated heterocycles. The molecule has 0 aliphatic carbocycles. The lowest BCUT2D eigenvalue weighted by molar-refractivity contribution is 0.719. The van der Waals surface area contributed by atoms with Gasteiger partial charge < -0.3 is 10.2 Å². The van der Waals surface area contributed by atoms with Crippen molar-refractivity contribution in [3.05, 3.63) is 76.5 Å². The van der Waals surface area contributed by atoms with E-state index in [0.29, 0.717) is 5.95 Å². The maximum Gasteiger partial charge on any atom is 0.229 e. The molecule has 1 aliphatic rings. The zero-order valence-electron chi connectivity index (χ0n) is 15.6. The highest BCUT2D eigenvalue weighted by atomic mass is 15.2. The molecule has 1 aromatic heterocycles. The minimum Gasteiger partial charge on any atom is -0.352 e. The summed E-state index contributed by atoms with van der Waals surface area (Å²) in [6.07, 6.45) is 1.05. The van der Waals surface area contributed by atoms with Crippen LogP contribution in [0, 0.1) is 20.8 Å². The van der Waals surface area contributed by atoms with Crippen molar-refractivity contribution >= 4 is 17.5 Å². The molecule has 1 aliphatic heterocycles. The van der Waals surface area contributed by atoms with Crippen LogP contribution in [0.1, 0.15) is 27.9 Å². The third kappa shape index (κ3) is 3.40. The summed E-state index contributed by atoms with van der Waals surface area (Å²) in [7, 11) is 0. The summed E-state index contributed by atoms with van der Waals surface area (Å²) in [5.74, 6) is 1.65. The second kappa shape index (κ2) is 6.79. The first-order valence-electron chi connectivity index (χ1n) is 9.10. The molecule has 0 saturated carbocycles. The van der Waals surface area contributed by atoms with Crippen LogP contribution in [0.2, 0.25) is 0 Å². The van der Waals surface area contributed by atoms with Gasteiger partial charge in [0, 0.05) is 30.5 Å². The summed E-state index contributed by atoms with van der Waals surface area (Å²) in [6, 6.07) is 17.1. The molecule has 26 heavy (non-hydrogen) atoms. The molecule has 3 aromatic rings. The number of nitrogens with zero attached hydrogens (tertiary/aromatic N) is 3. The van der Waals surface area contributed by atoms with Crippen LogP contribution in [0.15, 0.2) is 48.5 Å². The van der Waals surface area contributed by atoms with Crippen molar-refractivity contribution < 1.29 is 0 Å². The Morgan fingerprint density at radius 2 is 1.73 bits per heavy atom. The van der Waals surface area contributed by atoms with E-state index in [9.17, 15) is 0 Å². The maximum atomic E-state index is 4.80. The van der Waals surface area contributed by atoms with Gasteiger partial charge in [-0.1, -0.05) is 36.4 Å². The van der Waals surface area contributed by atoms with Crippen molar-refractivity contribution in [2.75, 3.05) is 16.8 Å². The standard InChI is InChI=1S/C22H24N4/c1-15-8-9-16(2)20(12-15)24-22-23-17(3)13-21(25-22)26-11-10-18-6-4-5-7-19(18)14-26/h4-9,12-13H,10-11,14H2,1-3H3,(H,23,24,25). The van der Waals surface area contributed by atoms with Crippen molar-refractivity contribution in [2.24, 2.45) is 0 Å². The van der Waals surface area contributed by atoms with Gasteiger partial charge in [-0.25, -0.2) is 4.98 Å². The van der Waals surface area contributed by atoms with E-state index in [1.807, 2.05) is 6.92 Å². The number of nitrogens with one attached hydrogen (secondary N) is 1. The predicted molar refractivity (Wildman–Crippen MR) is 107 cm³/mol. The van der Waals surface area contributed by atoms with Gasteiger partial charge in [0.25, 0.3) is 0 Å². The molecule has 0 atom stereocenters. The molecule has 132 valence electrons. The quantitative estimate of drug-likeness (QED) is 0.747. The molecular formula is C22H24N4. The van der Waals surface area contributed by atoms with Gasteiger partial charge in [0.2, 0.25) is 5.95 Å². The Morgan fingerprint density at radius 1 is 0.923 bits per heavy atom. The van der Waals surface area contributed by atoms with Crippen LogP contribution in [0.5, 0.6) is 0 Å². The number of aryl methyl sites for hydroxylation is 3. The molecule has 4 rings (SSSR count). The highest BCUT2D eigenvalue weighted by molar-refractivity contribution is 5.61. The third-order valence-electron chi connectivity index (χ3n) is 4.93. The van der Waals surface area contributed by atoms with Gasteiger partial charge in [0.05, 0.1) is 0 Å². The van der Waals surface area contributed by atoms with Crippen LogP contribution < -0.4 is 10.2 Å². The number of anilines is 3. The minimum atomic E-state index is 0.660. The maximum absolute atomic E-state index is 4.80. The van der Waals surface area contributed by atoms with Crippen LogP contribution in [-0.4, -0.2) is 16.5 Å². The Labute approximate surface area is 154 Å². The van der Waals surface area contributed by atoms with Crippen molar-refractivity contribution in [2.45, 2.75) is 33.7 Å². The van der Waals surface area contributed by atoms with E-state index in [4.69, 9.17) is 4.98 Å². The zero-order chi connectivity index (χ0) is 18.1. The molecule has 0 amide bonds. The first-order chi connectivity index (χ1) is 12.6.